The summed E-state index contributed by atoms with van der Waals surface area (Å²) in [5.41, 5.74) is 0.650. The van der Waals surface area contributed by atoms with Crippen molar-refractivity contribution in [1.29, 1.82) is 0 Å². The maximum atomic E-state index is 2.43. The van der Waals surface area contributed by atoms with E-state index in [1.54, 1.807) is 0 Å². The van der Waals surface area contributed by atoms with Crippen molar-refractivity contribution in [1.82, 2.24) is 0 Å². The van der Waals surface area contributed by atoms with Crippen molar-refractivity contribution < 1.29 is 0 Å². The van der Waals surface area contributed by atoms with Gasteiger partial charge in [0.25, 0.3) is 0 Å². The van der Waals surface area contributed by atoms with E-state index in [1.165, 1.54) is 25.7 Å². The first-order valence-corrected chi connectivity index (χ1v) is 5.99. The van der Waals surface area contributed by atoms with Crippen LogP contribution in [0.4, 0.5) is 0 Å². The van der Waals surface area contributed by atoms with Gasteiger partial charge in [0.1, 0.15) is 0 Å². The molecule has 0 amide bonds. The fourth-order valence-electron chi connectivity index (χ4n) is 3.35. The summed E-state index contributed by atoms with van der Waals surface area (Å²) in [6, 6.07) is 0. The van der Waals surface area contributed by atoms with Crippen LogP contribution in [0.3, 0.4) is 0 Å². The molecule has 0 aromatic heterocycles. The van der Waals surface area contributed by atoms with E-state index < -0.39 is 0 Å². The summed E-state index contributed by atoms with van der Waals surface area (Å²) >= 11 is 0. The van der Waals surface area contributed by atoms with Crippen LogP contribution < -0.4 is 0 Å². The minimum atomic E-state index is 0.650. The Morgan fingerprint density at radius 3 is 1.92 bits per heavy atom. The third-order valence-corrected chi connectivity index (χ3v) is 4.37. The molecule has 0 radical (unpaired) electrons. The Kier molecular flexibility index (Phi) is 3.43. The van der Waals surface area contributed by atoms with Gasteiger partial charge < -0.3 is 0 Å². The van der Waals surface area contributed by atoms with E-state index in [9.17, 15) is 0 Å². The summed E-state index contributed by atoms with van der Waals surface area (Å²) < 4.78 is 0. The molecule has 0 aromatic carbocycles. The third-order valence-electron chi connectivity index (χ3n) is 4.37. The molecule has 1 saturated carbocycles. The lowest BCUT2D eigenvalue weighted by atomic mass is 9.59. The van der Waals surface area contributed by atoms with E-state index in [1.807, 2.05) is 0 Å². The zero-order valence-electron chi connectivity index (χ0n) is 10.1. The molecule has 0 saturated heterocycles. The molecule has 0 aliphatic heterocycles. The largest absolute Gasteiger partial charge is 0.0625 e. The van der Waals surface area contributed by atoms with Crippen molar-refractivity contribution in [2.75, 3.05) is 0 Å². The van der Waals surface area contributed by atoms with Gasteiger partial charge in [-0.2, -0.15) is 0 Å². The zero-order valence-corrected chi connectivity index (χ0v) is 10.1. The van der Waals surface area contributed by atoms with Crippen LogP contribution in [-0.2, 0) is 0 Å². The summed E-state index contributed by atoms with van der Waals surface area (Å²) in [6.07, 6.45) is 5.84. The molecule has 1 atom stereocenters. The van der Waals surface area contributed by atoms with Crippen molar-refractivity contribution in [2.24, 2.45) is 23.2 Å². The molecule has 1 aliphatic rings. The van der Waals surface area contributed by atoms with Gasteiger partial charge in [0.15, 0.2) is 0 Å². The molecule has 13 heavy (non-hydrogen) atoms. The van der Waals surface area contributed by atoms with E-state index in [4.69, 9.17) is 0 Å². The maximum Gasteiger partial charge on any atom is -0.0249 e. The van der Waals surface area contributed by atoms with Crippen LogP contribution in [0, 0.1) is 23.2 Å². The van der Waals surface area contributed by atoms with E-state index in [-0.39, 0.29) is 0 Å². The fraction of sp³-hybridized carbons (Fsp3) is 1.00. The Balaban J connectivity index is 2.77. The Morgan fingerprint density at radius 2 is 1.62 bits per heavy atom. The van der Waals surface area contributed by atoms with Gasteiger partial charge in [0.2, 0.25) is 0 Å². The predicted octanol–water partition coefficient (Wildman–Crippen LogP) is 4.49. The predicted molar refractivity (Wildman–Crippen MR) is 59.7 cm³/mol. The highest BCUT2D eigenvalue weighted by Gasteiger charge is 2.39. The lowest BCUT2D eigenvalue weighted by molar-refractivity contribution is 0.0346. The molecular formula is C13H26. The lowest BCUT2D eigenvalue weighted by Gasteiger charge is -2.47. The van der Waals surface area contributed by atoms with Gasteiger partial charge in [-0.15, -0.1) is 0 Å². The molecule has 0 heteroatoms. The quantitative estimate of drug-likeness (QED) is 0.590. The Labute approximate surface area is 84.1 Å². The Hall–Kier alpha value is 0. The third kappa shape index (κ3) is 2.08. The van der Waals surface area contributed by atoms with Gasteiger partial charge in [-0.1, -0.05) is 47.5 Å². The molecule has 1 aliphatic carbocycles. The highest BCUT2D eigenvalue weighted by molar-refractivity contribution is 4.89. The molecule has 1 rings (SSSR count). The van der Waals surface area contributed by atoms with Crippen LogP contribution in [0.25, 0.3) is 0 Å². The topological polar surface area (TPSA) is 0 Å². The molecule has 1 fully saturated rings. The maximum absolute atomic E-state index is 2.43. The summed E-state index contributed by atoms with van der Waals surface area (Å²) in [6.45, 7) is 12.1. The smallest absolute Gasteiger partial charge is 0.0249 e. The zero-order chi connectivity index (χ0) is 10.1. The summed E-state index contributed by atoms with van der Waals surface area (Å²) in [4.78, 5) is 0. The molecule has 0 nitrogen and oxygen atoms in total. The van der Waals surface area contributed by atoms with Gasteiger partial charge in [-0.3, -0.25) is 0 Å². The molecule has 1 unspecified atom stereocenters. The van der Waals surface area contributed by atoms with E-state index in [0.29, 0.717) is 5.41 Å². The van der Waals surface area contributed by atoms with Gasteiger partial charge in [-0.05, 0) is 36.0 Å². The normalized spacial score (nSPS) is 28.4. The highest BCUT2D eigenvalue weighted by Crippen LogP contribution is 2.49. The minimum Gasteiger partial charge on any atom is -0.0625 e. The van der Waals surface area contributed by atoms with Crippen LogP contribution in [-0.4, -0.2) is 0 Å². The van der Waals surface area contributed by atoms with E-state index in [2.05, 4.69) is 34.6 Å². The molecule has 0 aromatic rings. The van der Waals surface area contributed by atoms with Gasteiger partial charge >= 0.3 is 0 Å². The van der Waals surface area contributed by atoms with Crippen molar-refractivity contribution in [3.8, 4) is 0 Å². The van der Waals surface area contributed by atoms with E-state index >= 15 is 0 Å². The van der Waals surface area contributed by atoms with E-state index in [0.717, 1.165) is 17.8 Å². The van der Waals surface area contributed by atoms with Crippen molar-refractivity contribution in [3.05, 3.63) is 0 Å². The van der Waals surface area contributed by atoms with Gasteiger partial charge in [-0.25, -0.2) is 0 Å². The second-order valence-electron chi connectivity index (χ2n) is 5.74. The van der Waals surface area contributed by atoms with Gasteiger partial charge in [0.05, 0.1) is 0 Å². The van der Waals surface area contributed by atoms with Crippen LogP contribution in [0.2, 0.25) is 0 Å². The summed E-state index contributed by atoms with van der Waals surface area (Å²) in [5, 5.41) is 0. The molecule has 0 N–H and O–H groups in total. The van der Waals surface area contributed by atoms with Gasteiger partial charge in [0, 0.05) is 0 Å². The highest BCUT2D eigenvalue weighted by atomic mass is 14.4. The van der Waals surface area contributed by atoms with Crippen LogP contribution in [0.15, 0.2) is 0 Å². The first-order chi connectivity index (χ1) is 5.99. The lowest BCUT2D eigenvalue weighted by Crippen LogP contribution is -2.37. The average Bonchev–Trinajstić information content (AvgIpc) is 2.03. The Morgan fingerprint density at radius 1 is 1.08 bits per heavy atom. The SMILES string of the molecule is CC1CCCC(C(C)C)(C(C)C)C1. The summed E-state index contributed by atoms with van der Waals surface area (Å²) in [5.74, 6) is 2.67. The monoisotopic (exact) mass is 182 g/mol. The molecule has 0 bridgehead atoms. The number of hydrogen-bond donors (Lipinski definition) is 0. The standard InChI is InChI=1S/C13H26/c1-10(2)13(11(3)4)8-6-7-12(5)9-13/h10-12H,6-9H2,1-5H3. The average molecular weight is 182 g/mol. The number of rotatable bonds is 2. The summed E-state index contributed by atoms with van der Waals surface area (Å²) in [7, 11) is 0. The second-order valence-corrected chi connectivity index (χ2v) is 5.74. The first kappa shape index (κ1) is 11.1. The number of hydrogen-bond acceptors (Lipinski definition) is 0. The van der Waals surface area contributed by atoms with Crippen LogP contribution in [0.5, 0.6) is 0 Å². The fourth-order valence-corrected chi connectivity index (χ4v) is 3.35. The van der Waals surface area contributed by atoms with Crippen molar-refractivity contribution in [2.45, 2.75) is 60.3 Å². The Bertz CT molecular complexity index is 147. The first-order valence-electron chi connectivity index (χ1n) is 5.99. The van der Waals surface area contributed by atoms with Crippen LogP contribution >= 0.6 is 0 Å². The molecule has 78 valence electrons. The minimum absolute atomic E-state index is 0.650. The van der Waals surface area contributed by atoms with Crippen LogP contribution in [0.1, 0.15) is 60.3 Å². The van der Waals surface area contributed by atoms with Crippen molar-refractivity contribution in [3.63, 3.8) is 0 Å². The molecular weight excluding hydrogens is 156 g/mol. The second kappa shape index (κ2) is 4.02. The molecule has 0 heterocycles. The van der Waals surface area contributed by atoms with Crippen molar-refractivity contribution >= 4 is 0 Å². The molecule has 0 spiro atoms.